The minimum Gasteiger partial charge on any atom is -0.493 e. The van der Waals surface area contributed by atoms with Gasteiger partial charge in [0.15, 0.2) is 0 Å². The van der Waals surface area contributed by atoms with Crippen molar-refractivity contribution in [2.45, 2.75) is 19.3 Å². The maximum Gasteiger partial charge on any atom is 0.136 e. The predicted molar refractivity (Wildman–Crippen MR) is 60.2 cm³/mol. The van der Waals surface area contributed by atoms with E-state index >= 15 is 0 Å². The number of hydrogen-bond donors (Lipinski definition) is 1. The quantitative estimate of drug-likeness (QED) is 0.853. The number of ether oxygens (including phenoxy) is 1. The van der Waals surface area contributed by atoms with E-state index in [1.165, 1.54) is 6.07 Å². The Balaban J connectivity index is 1.92. The SMILES string of the molecule is Fc1cc2c(c(F)c1CC1CCNC1)CCO2. The molecule has 0 amide bonds. The molecular weight excluding hydrogens is 224 g/mol. The van der Waals surface area contributed by atoms with E-state index in [9.17, 15) is 8.78 Å². The molecule has 0 radical (unpaired) electrons. The molecule has 1 saturated heterocycles. The Hall–Kier alpha value is -1.16. The molecule has 2 aliphatic rings. The molecule has 1 atom stereocenters. The van der Waals surface area contributed by atoms with Gasteiger partial charge >= 0.3 is 0 Å². The highest BCUT2D eigenvalue weighted by Crippen LogP contribution is 2.33. The Bertz CT molecular complexity index is 442. The van der Waals surface area contributed by atoms with Crippen molar-refractivity contribution >= 4 is 0 Å². The zero-order valence-corrected chi connectivity index (χ0v) is 9.56. The third-order valence-corrected chi connectivity index (χ3v) is 3.64. The zero-order chi connectivity index (χ0) is 11.8. The molecule has 0 aliphatic carbocycles. The van der Waals surface area contributed by atoms with Gasteiger partial charge in [-0.05, 0) is 31.8 Å². The Labute approximate surface area is 99.0 Å². The summed E-state index contributed by atoms with van der Waals surface area (Å²) in [6, 6.07) is 1.34. The largest absolute Gasteiger partial charge is 0.493 e. The number of fused-ring (bicyclic) bond motifs is 1. The maximum atomic E-state index is 14.1. The summed E-state index contributed by atoms with van der Waals surface area (Å²) in [6.07, 6.45) is 2.03. The molecule has 4 heteroatoms. The van der Waals surface area contributed by atoms with Crippen LogP contribution in [0, 0.1) is 17.6 Å². The molecule has 0 bridgehead atoms. The highest BCUT2D eigenvalue weighted by Gasteiger charge is 2.25. The van der Waals surface area contributed by atoms with Crippen LogP contribution < -0.4 is 10.1 Å². The normalized spacial score (nSPS) is 22.6. The van der Waals surface area contributed by atoms with Crippen LogP contribution >= 0.6 is 0 Å². The molecule has 0 saturated carbocycles. The summed E-state index contributed by atoms with van der Waals surface area (Å²) < 4.78 is 33.2. The first-order chi connectivity index (χ1) is 8.25. The number of halogens is 2. The number of nitrogens with one attached hydrogen (secondary N) is 1. The van der Waals surface area contributed by atoms with Gasteiger partial charge in [0.2, 0.25) is 0 Å². The molecule has 1 aromatic carbocycles. The van der Waals surface area contributed by atoms with E-state index in [1.807, 2.05) is 0 Å². The van der Waals surface area contributed by atoms with E-state index in [0.29, 0.717) is 36.7 Å². The van der Waals surface area contributed by atoms with Crippen molar-refractivity contribution in [2.75, 3.05) is 19.7 Å². The molecule has 17 heavy (non-hydrogen) atoms. The monoisotopic (exact) mass is 239 g/mol. The second-order valence-electron chi connectivity index (χ2n) is 4.79. The lowest BCUT2D eigenvalue weighted by atomic mass is 9.95. The van der Waals surface area contributed by atoms with E-state index in [-0.39, 0.29) is 11.4 Å². The van der Waals surface area contributed by atoms with Crippen LogP contribution in [0.2, 0.25) is 0 Å². The summed E-state index contributed by atoms with van der Waals surface area (Å²) in [5.41, 5.74) is 0.787. The Morgan fingerprint density at radius 3 is 3.06 bits per heavy atom. The first-order valence-electron chi connectivity index (χ1n) is 6.09. The average Bonchev–Trinajstić information content (AvgIpc) is 2.94. The van der Waals surface area contributed by atoms with Crippen molar-refractivity contribution in [3.63, 3.8) is 0 Å². The van der Waals surface area contributed by atoms with E-state index in [0.717, 1.165) is 19.5 Å². The second kappa shape index (κ2) is 4.26. The lowest BCUT2D eigenvalue weighted by Crippen LogP contribution is -2.13. The Morgan fingerprint density at radius 2 is 2.29 bits per heavy atom. The van der Waals surface area contributed by atoms with Crippen molar-refractivity contribution in [2.24, 2.45) is 5.92 Å². The first-order valence-corrected chi connectivity index (χ1v) is 6.09. The van der Waals surface area contributed by atoms with E-state index in [2.05, 4.69) is 5.32 Å². The standard InChI is InChI=1S/C13H15F2NO/c14-11-6-12-9(2-4-17-12)13(15)10(11)5-8-1-3-16-7-8/h6,8,16H,1-5,7H2. The van der Waals surface area contributed by atoms with Gasteiger partial charge in [-0.25, -0.2) is 8.78 Å². The van der Waals surface area contributed by atoms with Crippen molar-refractivity contribution < 1.29 is 13.5 Å². The zero-order valence-electron chi connectivity index (χ0n) is 9.56. The highest BCUT2D eigenvalue weighted by molar-refractivity contribution is 5.42. The molecule has 3 rings (SSSR count). The minimum absolute atomic E-state index is 0.239. The summed E-state index contributed by atoms with van der Waals surface area (Å²) in [6.45, 7) is 2.26. The molecule has 2 nitrogen and oxygen atoms in total. The van der Waals surface area contributed by atoms with Crippen LogP contribution in [-0.2, 0) is 12.8 Å². The van der Waals surface area contributed by atoms with Crippen molar-refractivity contribution in [1.29, 1.82) is 0 Å². The molecule has 1 fully saturated rings. The van der Waals surface area contributed by atoms with Crippen molar-refractivity contribution in [3.05, 3.63) is 28.8 Å². The van der Waals surface area contributed by atoms with Gasteiger partial charge < -0.3 is 10.1 Å². The van der Waals surface area contributed by atoms with Gasteiger partial charge in [0.25, 0.3) is 0 Å². The molecule has 0 spiro atoms. The lowest BCUT2D eigenvalue weighted by Gasteiger charge is -2.12. The van der Waals surface area contributed by atoms with Gasteiger partial charge in [0.1, 0.15) is 17.4 Å². The first kappa shape index (κ1) is 11.0. The smallest absolute Gasteiger partial charge is 0.136 e. The van der Waals surface area contributed by atoms with Crippen LogP contribution in [-0.4, -0.2) is 19.7 Å². The van der Waals surface area contributed by atoms with Crippen LogP contribution in [0.15, 0.2) is 6.07 Å². The summed E-state index contributed by atoms with van der Waals surface area (Å²) in [5, 5.41) is 3.21. The summed E-state index contributed by atoms with van der Waals surface area (Å²) in [7, 11) is 0. The molecule has 92 valence electrons. The van der Waals surface area contributed by atoms with Crippen LogP contribution in [0.4, 0.5) is 8.78 Å². The van der Waals surface area contributed by atoms with Crippen molar-refractivity contribution in [1.82, 2.24) is 5.32 Å². The van der Waals surface area contributed by atoms with Crippen LogP contribution in [0.1, 0.15) is 17.5 Å². The van der Waals surface area contributed by atoms with Gasteiger partial charge in [-0.15, -0.1) is 0 Å². The summed E-state index contributed by atoms with van der Waals surface area (Å²) >= 11 is 0. The van der Waals surface area contributed by atoms with Gasteiger partial charge in [-0.2, -0.15) is 0 Å². The van der Waals surface area contributed by atoms with E-state index in [1.54, 1.807) is 0 Å². The molecule has 2 heterocycles. The van der Waals surface area contributed by atoms with Gasteiger partial charge in [-0.1, -0.05) is 0 Å². The predicted octanol–water partition coefficient (Wildman–Crippen LogP) is 2.05. The third-order valence-electron chi connectivity index (χ3n) is 3.64. The molecular formula is C13H15F2NO. The van der Waals surface area contributed by atoms with Crippen LogP contribution in [0.5, 0.6) is 5.75 Å². The second-order valence-corrected chi connectivity index (χ2v) is 4.79. The van der Waals surface area contributed by atoms with Gasteiger partial charge in [0.05, 0.1) is 6.61 Å². The molecule has 1 unspecified atom stereocenters. The maximum absolute atomic E-state index is 14.1. The Morgan fingerprint density at radius 1 is 1.41 bits per heavy atom. The minimum atomic E-state index is -0.463. The molecule has 0 aromatic heterocycles. The number of hydrogen-bond acceptors (Lipinski definition) is 2. The molecule has 2 aliphatic heterocycles. The van der Waals surface area contributed by atoms with Crippen LogP contribution in [0.3, 0.4) is 0 Å². The fourth-order valence-electron chi connectivity index (χ4n) is 2.67. The number of rotatable bonds is 2. The van der Waals surface area contributed by atoms with E-state index < -0.39 is 5.82 Å². The van der Waals surface area contributed by atoms with Crippen molar-refractivity contribution in [3.8, 4) is 5.75 Å². The molecule has 1 N–H and O–H groups in total. The summed E-state index contributed by atoms with van der Waals surface area (Å²) in [4.78, 5) is 0. The van der Waals surface area contributed by atoms with E-state index in [4.69, 9.17) is 4.74 Å². The van der Waals surface area contributed by atoms with Gasteiger partial charge in [-0.3, -0.25) is 0 Å². The third kappa shape index (κ3) is 1.90. The fourth-order valence-corrected chi connectivity index (χ4v) is 2.67. The van der Waals surface area contributed by atoms with Gasteiger partial charge in [0, 0.05) is 23.6 Å². The topological polar surface area (TPSA) is 21.3 Å². The number of benzene rings is 1. The average molecular weight is 239 g/mol. The summed E-state index contributed by atoms with van der Waals surface area (Å²) in [5.74, 6) is -0.118. The highest BCUT2D eigenvalue weighted by atomic mass is 19.1. The van der Waals surface area contributed by atoms with Crippen LogP contribution in [0.25, 0.3) is 0 Å². The lowest BCUT2D eigenvalue weighted by molar-refractivity contribution is 0.354. The Kier molecular flexibility index (Phi) is 2.74. The molecule has 1 aromatic rings. The fraction of sp³-hybridized carbons (Fsp3) is 0.538.